The highest BCUT2D eigenvalue weighted by Gasteiger charge is 2.31. The highest BCUT2D eigenvalue weighted by atomic mass is 31.1. The fraction of sp³-hybridized carbons (Fsp3) is 0.0769. The van der Waals surface area contributed by atoms with Crippen molar-refractivity contribution in [2.24, 2.45) is 5.73 Å². The molecule has 0 radical (unpaired) electrons. The zero-order valence-electron chi connectivity index (χ0n) is 18.8. The predicted molar refractivity (Wildman–Crippen MR) is 132 cm³/mol. The molecule has 170 valence electrons. The van der Waals surface area contributed by atoms with Crippen molar-refractivity contribution in [3.05, 3.63) is 132 Å². The Hall–Kier alpha value is -2.95. The molecule has 4 aromatic rings. The van der Waals surface area contributed by atoms with Crippen molar-refractivity contribution in [2.45, 2.75) is 11.7 Å². The van der Waals surface area contributed by atoms with Gasteiger partial charge in [-0.15, -0.1) is 0 Å². The third kappa shape index (κ3) is 7.56. The van der Waals surface area contributed by atoms with E-state index in [9.17, 15) is 12.9 Å². The van der Waals surface area contributed by atoms with Gasteiger partial charge in [-0.05, 0) is 29.7 Å². The molecule has 4 rings (SSSR count). The molecule has 0 bridgehead atoms. The number of hydrogen-bond acceptors (Lipinski definition) is 1. The highest BCUT2D eigenvalue weighted by molar-refractivity contribution is 7.73. The molecule has 0 aliphatic heterocycles. The first kappa shape index (κ1) is 26.3. The maximum absolute atomic E-state index is 9.67. The van der Waals surface area contributed by atoms with E-state index in [4.69, 9.17) is 5.73 Å². The molecule has 2 N–H and O–H groups in total. The van der Waals surface area contributed by atoms with Gasteiger partial charge in [0.05, 0.1) is 0 Å². The smallest absolute Gasteiger partial charge is 1.00 e. The Labute approximate surface area is 195 Å². The van der Waals surface area contributed by atoms with Crippen molar-refractivity contribution < 1.29 is 19.1 Å². The Morgan fingerprint density at radius 3 is 1.24 bits per heavy atom. The monoisotopic (exact) mass is 469 g/mol. The van der Waals surface area contributed by atoms with Gasteiger partial charge in [-0.1, -0.05) is 121 Å². The van der Waals surface area contributed by atoms with Gasteiger partial charge in [0.1, 0.15) is 0 Å². The molecule has 0 aliphatic carbocycles. The van der Waals surface area contributed by atoms with Crippen molar-refractivity contribution >= 4 is 26.1 Å². The summed E-state index contributed by atoms with van der Waals surface area (Å²) in [6, 6.07) is 42.8. The maximum atomic E-state index is 9.67. The lowest BCUT2D eigenvalue weighted by Crippen LogP contribution is -3.00. The summed E-state index contributed by atoms with van der Waals surface area (Å²) in [6.45, 7) is 0. The number of hydrogen-bond donors (Lipinski definition) is 1. The lowest BCUT2D eigenvalue weighted by atomic mass is 9.99. The molecular formula is C26H25BF4NP. The third-order valence-electron chi connectivity index (χ3n) is 5.01. The summed E-state index contributed by atoms with van der Waals surface area (Å²) in [7, 11) is -4.35. The lowest BCUT2D eigenvalue weighted by Gasteiger charge is -2.34. The van der Waals surface area contributed by atoms with E-state index in [1.807, 2.05) is 6.07 Å². The Balaban J connectivity index is 0.000000895. The van der Waals surface area contributed by atoms with Gasteiger partial charge in [-0.3, -0.25) is 12.9 Å². The summed E-state index contributed by atoms with van der Waals surface area (Å²) in [4.78, 5) is 0. The van der Waals surface area contributed by atoms with Crippen molar-refractivity contribution in [3.63, 3.8) is 0 Å². The summed E-state index contributed by atoms with van der Waals surface area (Å²) < 4.78 is 29.0. The van der Waals surface area contributed by atoms with E-state index in [0.717, 1.165) is 0 Å². The van der Waals surface area contributed by atoms with Crippen LogP contribution in [0.15, 0.2) is 121 Å². The molecule has 0 aliphatic rings. The molecular weight excluding hydrogens is 444 g/mol. The van der Waals surface area contributed by atoms with Gasteiger partial charge in [0, 0.05) is 11.7 Å². The fourth-order valence-electron chi connectivity index (χ4n) is 3.67. The van der Waals surface area contributed by atoms with E-state index in [0.29, 0.717) is 0 Å². The minimum atomic E-state index is -3.67. The highest BCUT2D eigenvalue weighted by Crippen LogP contribution is 2.54. The number of rotatable bonds is 6. The van der Waals surface area contributed by atoms with Gasteiger partial charge < -0.3 is 10.4 Å². The van der Waals surface area contributed by atoms with Crippen LogP contribution in [0, 0.1) is 0 Å². The van der Waals surface area contributed by atoms with Crippen LogP contribution in [0.25, 0.3) is 0 Å². The molecule has 1 nitrogen and oxygen atoms in total. The van der Waals surface area contributed by atoms with Crippen LogP contribution >= 0.6 is 7.92 Å². The van der Waals surface area contributed by atoms with Crippen LogP contribution in [-0.2, 0) is 0 Å². The molecule has 4 aromatic carbocycles. The van der Waals surface area contributed by atoms with Crippen LogP contribution in [0.2, 0.25) is 0 Å². The number of halogens is 4. The van der Waals surface area contributed by atoms with Gasteiger partial charge in [-0.2, -0.15) is 0 Å². The van der Waals surface area contributed by atoms with E-state index in [-0.39, 0.29) is 17.8 Å². The Bertz CT molecular complexity index is 1010. The Morgan fingerprint density at radius 2 is 0.879 bits per heavy atom. The van der Waals surface area contributed by atoms with Gasteiger partial charge in [-0.25, -0.2) is 0 Å². The second kappa shape index (κ2) is 13.6. The summed E-state index contributed by atoms with van der Waals surface area (Å²) in [6.07, 6.45) is 0. The molecule has 2 atom stereocenters. The molecule has 33 heavy (non-hydrogen) atoms. The second-order valence-electron chi connectivity index (χ2n) is 7.08. The predicted octanol–water partition coefficient (Wildman–Crippen LogP) is 3.56. The minimum Gasteiger partial charge on any atom is -1.00 e. The van der Waals surface area contributed by atoms with E-state index in [2.05, 4.69) is 115 Å². The van der Waals surface area contributed by atoms with Crippen molar-refractivity contribution in [3.8, 4) is 0 Å². The summed E-state index contributed by atoms with van der Waals surface area (Å²) in [5, 5.41) is 2.70. The molecule has 0 saturated carbocycles. The normalized spacial score (nSPS) is 12.0. The van der Waals surface area contributed by atoms with Crippen LogP contribution in [0.5, 0.6) is 0 Å². The average Bonchev–Trinajstić information content (AvgIpc) is 2.84. The van der Waals surface area contributed by atoms with Crippen LogP contribution in [-0.4, -0.2) is 7.54 Å². The second-order valence-corrected chi connectivity index (χ2v) is 9.41. The molecule has 0 fully saturated rings. The SMILES string of the molecule is FB(F)F.N[C@H](c1ccccc1)[C@@H](c1ccccc1)P(c1ccccc1)c1ccccc1.[F-].[H+]. The van der Waals surface area contributed by atoms with E-state index >= 15 is 0 Å². The molecule has 0 unspecified atom stereocenters. The average molecular weight is 469 g/mol. The van der Waals surface area contributed by atoms with Gasteiger partial charge >= 0.3 is 8.97 Å². The van der Waals surface area contributed by atoms with Gasteiger partial charge in [0.15, 0.2) is 0 Å². The first-order valence-corrected chi connectivity index (χ1v) is 11.7. The van der Waals surface area contributed by atoms with Crippen molar-refractivity contribution in [1.82, 2.24) is 0 Å². The molecule has 0 heterocycles. The largest absolute Gasteiger partial charge is 1.00 e. The zero-order valence-corrected chi connectivity index (χ0v) is 18.7. The number of benzene rings is 4. The van der Waals surface area contributed by atoms with Crippen LogP contribution in [0.1, 0.15) is 24.3 Å². The molecule has 7 heteroatoms. The molecule has 0 saturated heterocycles. The first-order valence-electron chi connectivity index (χ1n) is 10.2. The zero-order chi connectivity index (χ0) is 22.8. The summed E-state index contributed by atoms with van der Waals surface area (Å²) >= 11 is 0. The molecule has 0 amide bonds. The summed E-state index contributed by atoms with van der Waals surface area (Å²) in [5.41, 5.74) is 9.61. The van der Waals surface area contributed by atoms with E-state index in [1.54, 1.807) is 0 Å². The van der Waals surface area contributed by atoms with Gasteiger partial charge in [0.2, 0.25) is 0 Å². The van der Waals surface area contributed by atoms with Gasteiger partial charge in [0.25, 0.3) is 0 Å². The molecule has 0 aromatic heterocycles. The Kier molecular flexibility index (Phi) is 10.8. The Morgan fingerprint density at radius 1 is 0.576 bits per heavy atom. The van der Waals surface area contributed by atoms with Crippen molar-refractivity contribution in [2.75, 3.05) is 0 Å². The van der Waals surface area contributed by atoms with E-state index in [1.165, 1.54) is 21.7 Å². The quantitative estimate of drug-likeness (QED) is 0.261. The van der Waals surface area contributed by atoms with Crippen LogP contribution in [0.4, 0.5) is 12.9 Å². The van der Waals surface area contributed by atoms with Crippen molar-refractivity contribution in [1.29, 1.82) is 0 Å². The maximum Gasteiger partial charge on any atom is 1.00 e. The topological polar surface area (TPSA) is 26.0 Å². The lowest BCUT2D eigenvalue weighted by molar-refractivity contribution is -0.00000910. The molecule has 0 spiro atoms. The minimum absolute atomic E-state index is 0. The fourth-order valence-corrected chi connectivity index (χ4v) is 6.56. The van der Waals surface area contributed by atoms with Crippen LogP contribution in [0.3, 0.4) is 0 Å². The van der Waals surface area contributed by atoms with Crippen LogP contribution < -0.4 is 21.0 Å². The standard InChI is InChI=1S/C26H24NP.BF3.FH/c27-25(21-13-5-1-6-14-21)26(22-15-7-2-8-16-22)28(23-17-9-3-10-18-23)24-19-11-4-12-20-24;2-1(3)4;/h1-20,25-26H,27H2;;1H/t25-,26-;;/m1../s1. The number of nitrogens with two attached hydrogens (primary N) is 1. The third-order valence-corrected chi connectivity index (χ3v) is 7.90. The van der Waals surface area contributed by atoms with E-state index < -0.39 is 15.5 Å². The first-order chi connectivity index (χ1) is 15.6. The summed E-state index contributed by atoms with van der Waals surface area (Å²) in [5.74, 6) is 0.